The van der Waals surface area contributed by atoms with Crippen molar-refractivity contribution < 1.29 is 24.6 Å². The summed E-state index contributed by atoms with van der Waals surface area (Å²) in [5, 5.41) is 25.7. The van der Waals surface area contributed by atoms with Gasteiger partial charge in [-0.15, -0.1) is 0 Å². The Balaban J connectivity index is 2.78. The first-order valence-corrected chi connectivity index (χ1v) is 9.23. The highest BCUT2D eigenvalue weighted by Crippen LogP contribution is 2.18. The molecule has 2 atom stereocenters. The highest BCUT2D eigenvalue weighted by atomic mass is 16.4. The summed E-state index contributed by atoms with van der Waals surface area (Å²) >= 11 is 0. The van der Waals surface area contributed by atoms with Crippen LogP contribution in [0.15, 0.2) is 18.2 Å². The number of aliphatic hydroxyl groups excluding tert-OH is 1. The lowest BCUT2D eigenvalue weighted by molar-refractivity contribution is -0.128. The summed E-state index contributed by atoms with van der Waals surface area (Å²) in [4.78, 5) is 35.5. The molecular weight excluding hydrogens is 364 g/mol. The SMILES string of the molecule is CC(NC(=O)C(NC(=O)O)C(C)C)C(=O)Nc1ccc(CO)c(CCCN)c1. The molecule has 0 aliphatic rings. The van der Waals surface area contributed by atoms with Gasteiger partial charge in [0.15, 0.2) is 0 Å². The molecular formula is C19H30N4O5. The average molecular weight is 394 g/mol. The van der Waals surface area contributed by atoms with Gasteiger partial charge in [0.2, 0.25) is 11.8 Å². The molecule has 0 fully saturated rings. The Kier molecular flexibility index (Phi) is 9.40. The molecule has 0 bridgehead atoms. The maximum Gasteiger partial charge on any atom is 0.405 e. The van der Waals surface area contributed by atoms with Crippen LogP contribution in [-0.4, -0.2) is 46.7 Å². The molecule has 0 saturated heterocycles. The lowest BCUT2D eigenvalue weighted by Crippen LogP contribution is -2.53. The third kappa shape index (κ3) is 7.16. The summed E-state index contributed by atoms with van der Waals surface area (Å²) in [5.41, 5.74) is 7.74. The van der Waals surface area contributed by atoms with Crippen LogP contribution >= 0.6 is 0 Å². The molecule has 0 spiro atoms. The van der Waals surface area contributed by atoms with E-state index >= 15 is 0 Å². The molecule has 1 aromatic carbocycles. The molecule has 3 amide bonds. The van der Waals surface area contributed by atoms with Crippen LogP contribution in [0.4, 0.5) is 10.5 Å². The highest BCUT2D eigenvalue weighted by molar-refractivity contribution is 5.98. The predicted molar refractivity (Wildman–Crippen MR) is 106 cm³/mol. The van der Waals surface area contributed by atoms with Crippen LogP contribution in [0.5, 0.6) is 0 Å². The molecule has 2 unspecified atom stereocenters. The number of nitrogens with one attached hydrogen (secondary N) is 3. The second kappa shape index (κ2) is 11.3. The van der Waals surface area contributed by atoms with Crippen LogP contribution in [0, 0.1) is 5.92 Å². The number of hydrogen-bond acceptors (Lipinski definition) is 5. The molecule has 0 heterocycles. The number of aryl methyl sites for hydroxylation is 1. The topological polar surface area (TPSA) is 154 Å². The molecule has 0 radical (unpaired) electrons. The number of carbonyl (C=O) groups excluding carboxylic acids is 2. The van der Waals surface area contributed by atoms with Crippen molar-refractivity contribution in [1.29, 1.82) is 0 Å². The van der Waals surface area contributed by atoms with E-state index in [9.17, 15) is 19.5 Å². The molecule has 0 aromatic heterocycles. The van der Waals surface area contributed by atoms with Crippen LogP contribution in [0.1, 0.15) is 38.3 Å². The summed E-state index contributed by atoms with van der Waals surface area (Å²) in [5.74, 6) is -1.28. The van der Waals surface area contributed by atoms with Crippen LogP contribution < -0.4 is 21.7 Å². The van der Waals surface area contributed by atoms with Gasteiger partial charge in [-0.05, 0) is 55.5 Å². The third-order valence-corrected chi connectivity index (χ3v) is 4.27. The van der Waals surface area contributed by atoms with E-state index in [0.717, 1.165) is 17.5 Å². The van der Waals surface area contributed by atoms with Crippen molar-refractivity contribution in [3.63, 3.8) is 0 Å². The molecule has 156 valence electrons. The van der Waals surface area contributed by atoms with Gasteiger partial charge >= 0.3 is 6.09 Å². The molecule has 1 rings (SSSR count). The smallest absolute Gasteiger partial charge is 0.405 e. The van der Waals surface area contributed by atoms with Gasteiger partial charge in [-0.25, -0.2) is 4.79 Å². The van der Waals surface area contributed by atoms with Gasteiger partial charge in [0.1, 0.15) is 12.1 Å². The number of carbonyl (C=O) groups is 3. The second-order valence-electron chi connectivity index (χ2n) is 6.92. The maximum absolute atomic E-state index is 12.4. The van der Waals surface area contributed by atoms with E-state index in [0.29, 0.717) is 18.7 Å². The average Bonchev–Trinajstić information content (AvgIpc) is 2.63. The van der Waals surface area contributed by atoms with E-state index in [1.54, 1.807) is 32.0 Å². The second-order valence-corrected chi connectivity index (χ2v) is 6.92. The number of amides is 3. The molecule has 28 heavy (non-hydrogen) atoms. The van der Waals surface area contributed by atoms with Crippen molar-refractivity contribution in [2.24, 2.45) is 11.7 Å². The first-order valence-electron chi connectivity index (χ1n) is 9.23. The van der Waals surface area contributed by atoms with Gasteiger partial charge in [-0.1, -0.05) is 19.9 Å². The molecule has 7 N–H and O–H groups in total. The molecule has 0 aliphatic carbocycles. The molecule has 1 aromatic rings. The van der Waals surface area contributed by atoms with E-state index in [2.05, 4.69) is 16.0 Å². The third-order valence-electron chi connectivity index (χ3n) is 4.27. The number of rotatable bonds is 10. The number of nitrogens with two attached hydrogens (primary N) is 1. The van der Waals surface area contributed by atoms with Crippen molar-refractivity contribution in [2.45, 2.75) is 52.3 Å². The number of benzene rings is 1. The fraction of sp³-hybridized carbons (Fsp3) is 0.526. The summed E-state index contributed by atoms with van der Waals surface area (Å²) in [6, 6.07) is 3.36. The summed E-state index contributed by atoms with van der Waals surface area (Å²) in [7, 11) is 0. The lowest BCUT2D eigenvalue weighted by Gasteiger charge is -2.22. The summed E-state index contributed by atoms with van der Waals surface area (Å²) < 4.78 is 0. The van der Waals surface area contributed by atoms with Crippen LogP contribution in [0.2, 0.25) is 0 Å². The summed E-state index contributed by atoms with van der Waals surface area (Å²) in [6.45, 7) is 5.34. The van der Waals surface area contributed by atoms with Crippen molar-refractivity contribution in [2.75, 3.05) is 11.9 Å². The van der Waals surface area contributed by atoms with Gasteiger partial charge in [-0.2, -0.15) is 0 Å². The Labute approximate surface area is 164 Å². The van der Waals surface area contributed by atoms with E-state index in [4.69, 9.17) is 10.8 Å². The van der Waals surface area contributed by atoms with E-state index < -0.39 is 30.0 Å². The Hall–Kier alpha value is -2.65. The van der Waals surface area contributed by atoms with E-state index in [1.807, 2.05) is 0 Å². The molecule has 0 saturated carbocycles. The molecule has 9 nitrogen and oxygen atoms in total. The number of carboxylic acid groups (broad SMARTS) is 1. The maximum atomic E-state index is 12.4. The largest absolute Gasteiger partial charge is 0.465 e. The zero-order chi connectivity index (χ0) is 21.3. The quantitative estimate of drug-likeness (QED) is 0.345. The van der Waals surface area contributed by atoms with Crippen molar-refractivity contribution in [3.8, 4) is 0 Å². The minimum atomic E-state index is -1.31. The first kappa shape index (κ1) is 23.4. The van der Waals surface area contributed by atoms with Crippen molar-refractivity contribution in [3.05, 3.63) is 29.3 Å². The van der Waals surface area contributed by atoms with Gasteiger partial charge in [0.25, 0.3) is 0 Å². The zero-order valence-corrected chi connectivity index (χ0v) is 16.5. The van der Waals surface area contributed by atoms with Crippen LogP contribution in [0.25, 0.3) is 0 Å². The van der Waals surface area contributed by atoms with Gasteiger partial charge < -0.3 is 31.9 Å². The van der Waals surface area contributed by atoms with Crippen molar-refractivity contribution in [1.82, 2.24) is 10.6 Å². The minimum Gasteiger partial charge on any atom is -0.465 e. The van der Waals surface area contributed by atoms with Gasteiger partial charge in [0, 0.05) is 5.69 Å². The Morgan fingerprint density at radius 2 is 1.75 bits per heavy atom. The molecule has 9 heteroatoms. The monoisotopic (exact) mass is 394 g/mol. The summed E-state index contributed by atoms with van der Waals surface area (Å²) in [6.07, 6.45) is 0.128. The van der Waals surface area contributed by atoms with Crippen LogP contribution in [0.3, 0.4) is 0 Å². The fourth-order valence-electron chi connectivity index (χ4n) is 2.67. The Bertz CT molecular complexity index is 693. The molecule has 0 aliphatic heterocycles. The van der Waals surface area contributed by atoms with E-state index in [1.165, 1.54) is 6.92 Å². The predicted octanol–water partition coefficient (Wildman–Crippen LogP) is 0.806. The zero-order valence-electron chi connectivity index (χ0n) is 16.5. The minimum absolute atomic E-state index is 0.103. The van der Waals surface area contributed by atoms with Gasteiger partial charge in [0.05, 0.1) is 6.61 Å². The van der Waals surface area contributed by atoms with Gasteiger partial charge in [-0.3, -0.25) is 9.59 Å². The first-order chi connectivity index (χ1) is 13.2. The van der Waals surface area contributed by atoms with Crippen LogP contribution in [-0.2, 0) is 22.6 Å². The number of aliphatic hydroxyl groups is 1. The Morgan fingerprint density at radius 1 is 1.07 bits per heavy atom. The fourth-order valence-corrected chi connectivity index (χ4v) is 2.67. The number of anilines is 1. The van der Waals surface area contributed by atoms with Crippen molar-refractivity contribution >= 4 is 23.6 Å². The normalized spacial score (nSPS) is 12.9. The Morgan fingerprint density at radius 3 is 2.29 bits per heavy atom. The van der Waals surface area contributed by atoms with E-state index in [-0.39, 0.29) is 12.5 Å². The number of hydrogen-bond donors (Lipinski definition) is 6. The lowest BCUT2D eigenvalue weighted by atomic mass is 10.0. The standard InChI is InChI=1S/C19H30N4O5/c1-11(2)16(23-19(27)28)18(26)21-12(3)17(25)22-15-7-6-14(10-24)13(9-15)5-4-8-20/h6-7,9,11-12,16,23-24H,4-5,8,10,20H2,1-3H3,(H,21,26)(H,22,25)(H,27,28). The highest BCUT2D eigenvalue weighted by Gasteiger charge is 2.26.